The second-order valence-electron chi connectivity index (χ2n) is 11.7. The molecule has 0 radical (unpaired) electrons. The van der Waals surface area contributed by atoms with E-state index in [1.807, 2.05) is 64.7 Å². The molecular formula is C32H33N5O5. The fourth-order valence-corrected chi connectivity index (χ4v) is 6.62. The number of carbonyl (C=O) groups excluding carboxylic acids is 2. The fourth-order valence-electron chi connectivity index (χ4n) is 6.62. The monoisotopic (exact) mass is 567 g/mol. The van der Waals surface area contributed by atoms with Crippen molar-refractivity contribution in [2.45, 2.75) is 25.3 Å². The van der Waals surface area contributed by atoms with Crippen molar-refractivity contribution in [2.24, 2.45) is 0 Å². The first-order valence-corrected chi connectivity index (χ1v) is 14.0. The van der Waals surface area contributed by atoms with Crippen LogP contribution < -0.4 is 0 Å². The standard InChI is InChI=1S/C32H33N5O5/c1-34(2)16-25(38)41-23-14-36-21-11-7-5-9-18(21)27-20-13-33-32(40)29(20)28-19-10-6-8-12-22(19)37(31(28)30(27)36)15-24(23)42-26(39)17-35(3)4/h5-13,23-24,33,40H,14-17H2,1-4H3. The summed E-state index contributed by atoms with van der Waals surface area (Å²) >= 11 is 0. The van der Waals surface area contributed by atoms with E-state index >= 15 is 0 Å². The number of hydrogen-bond donors (Lipinski definition) is 2. The molecule has 7 rings (SSSR count). The Bertz CT molecular complexity index is 2030. The van der Waals surface area contributed by atoms with Gasteiger partial charge in [0.05, 0.1) is 42.6 Å². The zero-order valence-corrected chi connectivity index (χ0v) is 24.0. The molecule has 0 spiro atoms. The molecule has 1 aliphatic rings. The van der Waals surface area contributed by atoms with Crippen molar-refractivity contribution in [3.05, 3.63) is 54.7 Å². The number of benzene rings is 3. The maximum atomic E-state index is 13.1. The third-order valence-corrected chi connectivity index (χ3v) is 8.14. The van der Waals surface area contributed by atoms with Gasteiger partial charge in [-0.2, -0.15) is 0 Å². The Labute approximate surface area is 241 Å². The molecule has 42 heavy (non-hydrogen) atoms. The Balaban J connectivity index is 1.57. The summed E-state index contributed by atoms with van der Waals surface area (Å²) in [5, 5.41) is 16.7. The molecule has 10 nitrogen and oxygen atoms in total. The van der Waals surface area contributed by atoms with Crippen molar-refractivity contribution in [3.63, 3.8) is 0 Å². The molecule has 1 aliphatic heterocycles. The van der Waals surface area contributed by atoms with Crippen LogP contribution in [0.2, 0.25) is 0 Å². The number of aromatic hydroxyl groups is 1. The molecule has 2 atom stereocenters. The minimum atomic E-state index is -0.762. The van der Waals surface area contributed by atoms with E-state index in [-0.39, 0.29) is 31.5 Å². The van der Waals surface area contributed by atoms with Crippen LogP contribution in [0.4, 0.5) is 0 Å². The van der Waals surface area contributed by atoms with E-state index in [0.717, 1.165) is 54.4 Å². The van der Waals surface area contributed by atoms with E-state index in [0.29, 0.717) is 6.54 Å². The first-order chi connectivity index (χ1) is 20.2. The van der Waals surface area contributed by atoms with Gasteiger partial charge in [-0.1, -0.05) is 36.4 Å². The zero-order valence-electron chi connectivity index (χ0n) is 24.0. The van der Waals surface area contributed by atoms with Gasteiger partial charge in [0.1, 0.15) is 0 Å². The lowest BCUT2D eigenvalue weighted by atomic mass is 10.0. The van der Waals surface area contributed by atoms with Crippen LogP contribution >= 0.6 is 0 Å². The number of nitrogens with zero attached hydrogens (tertiary/aromatic N) is 4. The lowest BCUT2D eigenvalue weighted by molar-refractivity contribution is -0.171. The number of carbonyl (C=O) groups is 2. The van der Waals surface area contributed by atoms with Gasteiger partial charge in [-0.25, -0.2) is 0 Å². The van der Waals surface area contributed by atoms with Crippen molar-refractivity contribution in [3.8, 4) is 5.88 Å². The molecule has 6 aromatic rings. The third-order valence-electron chi connectivity index (χ3n) is 8.14. The molecular weight excluding hydrogens is 534 g/mol. The van der Waals surface area contributed by atoms with Crippen LogP contribution in [0.25, 0.3) is 54.4 Å². The van der Waals surface area contributed by atoms with Crippen molar-refractivity contribution in [2.75, 3.05) is 41.3 Å². The largest absolute Gasteiger partial charge is 0.494 e. The number of likely N-dealkylation sites (N-methyl/N-ethyl adjacent to an activating group) is 2. The summed E-state index contributed by atoms with van der Waals surface area (Å²) in [4.78, 5) is 32.7. The number of H-pyrrole nitrogens is 1. The predicted molar refractivity (Wildman–Crippen MR) is 163 cm³/mol. The number of esters is 2. The Morgan fingerprint density at radius 2 is 1.24 bits per heavy atom. The number of hydrogen-bond acceptors (Lipinski definition) is 7. The van der Waals surface area contributed by atoms with Gasteiger partial charge in [-0.05, 0) is 40.3 Å². The van der Waals surface area contributed by atoms with Gasteiger partial charge in [-0.3, -0.25) is 19.4 Å². The third kappa shape index (κ3) is 4.01. The van der Waals surface area contributed by atoms with Crippen LogP contribution in [0, 0.1) is 0 Å². The maximum Gasteiger partial charge on any atom is 0.320 e. The van der Waals surface area contributed by atoms with Gasteiger partial charge in [0.15, 0.2) is 18.1 Å². The highest BCUT2D eigenvalue weighted by Crippen LogP contribution is 2.48. The number of ether oxygens (including phenoxy) is 2. The average Bonchev–Trinajstić information content (AvgIpc) is 3.56. The fraction of sp³-hybridized carbons (Fsp3) is 0.312. The Hall–Kier alpha value is -4.54. The first-order valence-electron chi connectivity index (χ1n) is 14.0. The van der Waals surface area contributed by atoms with E-state index in [1.165, 1.54) is 0 Å². The summed E-state index contributed by atoms with van der Waals surface area (Å²) in [6, 6.07) is 16.2. The summed E-state index contributed by atoms with van der Waals surface area (Å²) in [6.45, 7) is 0.771. The zero-order chi connectivity index (χ0) is 29.3. The van der Waals surface area contributed by atoms with Crippen LogP contribution in [-0.4, -0.2) is 94.5 Å². The van der Waals surface area contributed by atoms with Gasteiger partial charge in [0.25, 0.3) is 0 Å². The van der Waals surface area contributed by atoms with Crippen LogP contribution in [-0.2, 0) is 32.2 Å². The molecule has 0 saturated carbocycles. The van der Waals surface area contributed by atoms with Gasteiger partial charge >= 0.3 is 11.9 Å². The van der Waals surface area contributed by atoms with Crippen LogP contribution in [0.3, 0.4) is 0 Å². The van der Waals surface area contributed by atoms with Crippen molar-refractivity contribution >= 4 is 66.3 Å². The molecule has 0 saturated heterocycles. The second kappa shape index (κ2) is 9.78. The number of para-hydroxylation sites is 2. The highest BCUT2D eigenvalue weighted by atomic mass is 16.6. The van der Waals surface area contributed by atoms with Crippen LogP contribution in [0.1, 0.15) is 0 Å². The number of nitrogens with one attached hydrogen (secondary N) is 1. The topological polar surface area (TPSA) is 105 Å². The van der Waals surface area contributed by atoms with Crippen molar-refractivity contribution in [1.82, 2.24) is 23.9 Å². The molecule has 0 bridgehead atoms. The molecule has 3 aromatic carbocycles. The normalized spacial score (nSPS) is 17.3. The first kappa shape index (κ1) is 26.4. The van der Waals surface area contributed by atoms with E-state index in [4.69, 9.17) is 9.47 Å². The molecule has 3 aromatic heterocycles. The number of rotatable bonds is 6. The Kier molecular flexibility index (Phi) is 6.14. The van der Waals surface area contributed by atoms with E-state index < -0.39 is 18.2 Å². The summed E-state index contributed by atoms with van der Waals surface area (Å²) in [5.74, 6) is -0.674. The highest BCUT2D eigenvalue weighted by molar-refractivity contribution is 6.36. The quantitative estimate of drug-likeness (QED) is 0.293. The molecule has 4 heterocycles. The van der Waals surface area contributed by atoms with Crippen molar-refractivity contribution < 1.29 is 24.2 Å². The van der Waals surface area contributed by atoms with Crippen LogP contribution in [0.5, 0.6) is 5.88 Å². The van der Waals surface area contributed by atoms with E-state index in [9.17, 15) is 14.7 Å². The minimum absolute atomic E-state index is 0.0990. The molecule has 10 heteroatoms. The Morgan fingerprint density at radius 3 is 1.76 bits per heavy atom. The lowest BCUT2D eigenvalue weighted by Gasteiger charge is -2.31. The molecule has 2 N–H and O–H groups in total. The van der Waals surface area contributed by atoms with Gasteiger partial charge in [0, 0.05) is 44.2 Å². The summed E-state index contributed by atoms with van der Waals surface area (Å²) in [6.07, 6.45) is 0.353. The summed E-state index contributed by atoms with van der Waals surface area (Å²) in [7, 11) is 7.25. The number of fused-ring (bicyclic) bond motifs is 9. The second-order valence-corrected chi connectivity index (χ2v) is 11.7. The molecule has 2 unspecified atom stereocenters. The van der Waals surface area contributed by atoms with E-state index in [2.05, 4.69) is 32.3 Å². The minimum Gasteiger partial charge on any atom is -0.494 e. The smallest absolute Gasteiger partial charge is 0.320 e. The van der Waals surface area contributed by atoms with Crippen LogP contribution in [0.15, 0.2) is 54.7 Å². The molecule has 0 aliphatic carbocycles. The van der Waals surface area contributed by atoms with Gasteiger partial charge in [-0.15, -0.1) is 0 Å². The predicted octanol–water partition coefficient (Wildman–Crippen LogP) is 4.05. The number of aromatic nitrogens is 3. The van der Waals surface area contributed by atoms with Gasteiger partial charge in [0.2, 0.25) is 0 Å². The highest BCUT2D eigenvalue weighted by Gasteiger charge is 2.36. The molecule has 0 amide bonds. The SMILES string of the molecule is CN(C)CC(=O)OC1Cn2c3ccccc3c3c4c[nH]c(O)c4c4c5ccccc5n(c4c32)CC1OC(=O)CN(C)C. The summed E-state index contributed by atoms with van der Waals surface area (Å²) in [5.41, 5.74) is 3.83. The van der Waals surface area contributed by atoms with Gasteiger partial charge < -0.3 is 28.7 Å². The van der Waals surface area contributed by atoms with E-state index in [1.54, 1.807) is 9.80 Å². The maximum absolute atomic E-state index is 13.1. The molecule has 0 fully saturated rings. The average molecular weight is 568 g/mol. The lowest BCUT2D eigenvalue weighted by Crippen LogP contribution is -2.44. The Morgan fingerprint density at radius 1 is 0.762 bits per heavy atom. The van der Waals surface area contributed by atoms with Crippen molar-refractivity contribution in [1.29, 1.82) is 0 Å². The number of aromatic amines is 1. The summed E-state index contributed by atoms with van der Waals surface area (Å²) < 4.78 is 16.6. The molecule has 216 valence electrons.